The average molecular weight is 381 g/mol. The van der Waals surface area contributed by atoms with Gasteiger partial charge in [-0.25, -0.2) is 0 Å². The highest BCUT2D eigenvalue weighted by atomic mass is 16.5. The van der Waals surface area contributed by atoms with Crippen LogP contribution in [0.5, 0.6) is 5.75 Å². The molecule has 0 spiro atoms. The van der Waals surface area contributed by atoms with Crippen molar-refractivity contribution in [3.8, 4) is 17.0 Å². The van der Waals surface area contributed by atoms with Crippen molar-refractivity contribution in [2.45, 2.75) is 38.6 Å². The maximum atomic E-state index is 13.0. The second-order valence-electron chi connectivity index (χ2n) is 7.27. The minimum Gasteiger partial charge on any atom is -0.497 e. The van der Waals surface area contributed by atoms with E-state index in [1.54, 1.807) is 18.1 Å². The van der Waals surface area contributed by atoms with Crippen LogP contribution in [-0.2, 0) is 0 Å². The summed E-state index contributed by atoms with van der Waals surface area (Å²) >= 11 is 0. The monoisotopic (exact) mass is 381 g/mol. The number of rotatable bonds is 5. The van der Waals surface area contributed by atoms with Crippen molar-refractivity contribution in [3.05, 3.63) is 53.6 Å². The van der Waals surface area contributed by atoms with E-state index in [4.69, 9.17) is 13.8 Å². The average Bonchev–Trinajstić information content (AvgIpc) is 3.47. The van der Waals surface area contributed by atoms with Gasteiger partial charge in [0.15, 0.2) is 5.76 Å². The lowest BCUT2D eigenvalue weighted by Crippen LogP contribution is -2.30. The van der Waals surface area contributed by atoms with Gasteiger partial charge in [0, 0.05) is 24.2 Å². The van der Waals surface area contributed by atoms with Crippen LogP contribution in [0, 0.1) is 0 Å². The standard InChI is InChI=1S/C21H23N3O4/c1-13(2)16-11-19(27-22-16)18-5-4-10-24(18)21(25)20-12-17(23-28-20)14-6-8-15(26-3)9-7-14/h6-9,11-13,18H,4-5,10H2,1-3H3/t18-/m1/s1. The molecule has 3 heterocycles. The van der Waals surface area contributed by atoms with Crippen molar-refractivity contribution in [1.29, 1.82) is 0 Å². The van der Waals surface area contributed by atoms with Gasteiger partial charge in [0.25, 0.3) is 5.91 Å². The molecule has 1 aliphatic rings. The highest BCUT2D eigenvalue weighted by Gasteiger charge is 2.35. The highest BCUT2D eigenvalue weighted by molar-refractivity contribution is 5.92. The van der Waals surface area contributed by atoms with E-state index in [0.717, 1.165) is 35.6 Å². The SMILES string of the molecule is COc1ccc(-c2cc(C(=O)N3CCC[C@@H]3c3cc(C(C)C)no3)on2)cc1. The molecule has 7 heteroatoms. The molecule has 0 unspecified atom stereocenters. The topological polar surface area (TPSA) is 81.6 Å². The summed E-state index contributed by atoms with van der Waals surface area (Å²) in [5.74, 6) is 1.81. The van der Waals surface area contributed by atoms with E-state index in [1.165, 1.54) is 0 Å². The van der Waals surface area contributed by atoms with Gasteiger partial charge in [0.1, 0.15) is 11.4 Å². The van der Waals surface area contributed by atoms with Crippen molar-refractivity contribution in [1.82, 2.24) is 15.2 Å². The second-order valence-corrected chi connectivity index (χ2v) is 7.27. The van der Waals surface area contributed by atoms with Gasteiger partial charge < -0.3 is 18.7 Å². The Hall–Kier alpha value is -3.09. The van der Waals surface area contributed by atoms with Crippen LogP contribution in [0.15, 0.2) is 45.4 Å². The highest BCUT2D eigenvalue weighted by Crippen LogP contribution is 2.35. The first-order valence-electron chi connectivity index (χ1n) is 9.45. The molecule has 1 saturated heterocycles. The van der Waals surface area contributed by atoms with Crippen molar-refractivity contribution in [2.24, 2.45) is 0 Å². The number of nitrogens with zero attached hydrogens (tertiary/aromatic N) is 3. The fourth-order valence-corrected chi connectivity index (χ4v) is 3.45. The third kappa shape index (κ3) is 3.40. The summed E-state index contributed by atoms with van der Waals surface area (Å²) in [5, 5.41) is 8.19. The number of methoxy groups -OCH3 is 1. The number of hydrogen-bond donors (Lipinski definition) is 0. The smallest absolute Gasteiger partial charge is 0.293 e. The molecule has 0 saturated carbocycles. The van der Waals surface area contributed by atoms with Crippen LogP contribution in [0.3, 0.4) is 0 Å². The maximum Gasteiger partial charge on any atom is 0.293 e. The van der Waals surface area contributed by atoms with Gasteiger partial charge in [-0.15, -0.1) is 0 Å². The minimum absolute atomic E-state index is 0.123. The van der Waals surface area contributed by atoms with Gasteiger partial charge in [0.05, 0.1) is 18.8 Å². The largest absolute Gasteiger partial charge is 0.497 e. The van der Waals surface area contributed by atoms with Crippen molar-refractivity contribution in [2.75, 3.05) is 13.7 Å². The van der Waals surface area contributed by atoms with Crippen LogP contribution < -0.4 is 4.74 Å². The number of likely N-dealkylation sites (tertiary alicyclic amines) is 1. The van der Waals surface area contributed by atoms with Crippen LogP contribution in [0.1, 0.15) is 60.7 Å². The van der Waals surface area contributed by atoms with E-state index in [1.807, 2.05) is 30.3 Å². The molecule has 1 fully saturated rings. The molecular weight excluding hydrogens is 358 g/mol. The lowest BCUT2D eigenvalue weighted by atomic mass is 10.1. The molecule has 1 atom stereocenters. The van der Waals surface area contributed by atoms with Gasteiger partial charge in [0.2, 0.25) is 5.76 Å². The first kappa shape index (κ1) is 18.3. The molecule has 4 rings (SSSR count). The van der Waals surface area contributed by atoms with Crippen LogP contribution >= 0.6 is 0 Å². The maximum absolute atomic E-state index is 13.0. The van der Waals surface area contributed by atoms with Gasteiger partial charge >= 0.3 is 0 Å². The number of amides is 1. The molecular formula is C21H23N3O4. The van der Waals surface area contributed by atoms with Gasteiger partial charge in [-0.3, -0.25) is 4.79 Å². The van der Waals surface area contributed by atoms with Gasteiger partial charge in [-0.05, 0) is 43.0 Å². The minimum atomic E-state index is -0.183. The zero-order valence-electron chi connectivity index (χ0n) is 16.2. The molecule has 7 nitrogen and oxygen atoms in total. The number of hydrogen-bond acceptors (Lipinski definition) is 6. The summed E-state index contributed by atoms with van der Waals surface area (Å²) in [6, 6.07) is 11.0. The fourth-order valence-electron chi connectivity index (χ4n) is 3.45. The Labute approximate surface area is 163 Å². The molecule has 1 aliphatic heterocycles. The molecule has 1 aromatic carbocycles. The van der Waals surface area contributed by atoms with Crippen LogP contribution in [0.2, 0.25) is 0 Å². The van der Waals surface area contributed by atoms with Crippen molar-refractivity contribution < 1.29 is 18.6 Å². The molecule has 0 N–H and O–H groups in total. The molecule has 0 aliphatic carbocycles. The third-order valence-corrected chi connectivity index (χ3v) is 5.09. The van der Waals surface area contributed by atoms with E-state index in [2.05, 4.69) is 24.2 Å². The lowest BCUT2D eigenvalue weighted by molar-refractivity contribution is 0.0672. The van der Waals surface area contributed by atoms with Gasteiger partial charge in [-0.1, -0.05) is 24.2 Å². The molecule has 3 aromatic rings. The molecule has 2 aromatic heterocycles. The predicted molar refractivity (Wildman–Crippen MR) is 102 cm³/mol. The normalized spacial score (nSPS) is 16.7. The Bertz CT molecular complexity index is 958. The Morgan fingerprint density at radius 1 is 1.18 bits per heavy atom. The summed E-state index contributed by atoms with van der Waals surface area (Å²) in [5.41, 5.74) is 2.37. The van der Waals surface area contributed by atoms with E-state index in [9.17, 15) is 4.79 Å². The van der Waals surface area contributed by atoms with E-state index >= 15 is 0 Å². The lowest BCUT2D eigenvalue weighted by Gasteiger charge is -2.21. The zero-order chi connectivity index (χ0) is 19.7. The molecule has 1 amide bonds. The third-order valence-electron chi connectivity index (χ3n) is 5.09. The molecule has 0 radical (unpaired) electrons. The number of aromatic nitrogens is 2. The number of carbonyl (C=O) groups excluding carboxylic acids is 1. The first-order valence-corrected chi connectivity index (χ1v) is 9.45. The Morgan fingerprint density at radius 2 is 1.96 bits per heavy atom. The molecule has 0 bridgehead atoms. The summed E-state index contributed by atoms with van der Waals surface area (Å²) in [6.07, 6.45) is 1.76. The number of carbonyl (C=O) groups is 1. The summed E-state index contributed by atoms with van der Waals surface area (Å²) in [4.78, 5) is 14.8. The Balaban J connectivity index is 1.54. The van der Waals surface area contributed by atoms with Crippen LogP contribution in [-0.4, -0.2) is 34.8 Å². The van der Waals surface area contributed by atoms with E-state index in [-0.39, 0.29) is 23.6 Å². The summed E-state index contributed by atoms with van der Waals surface area (Å²) < 4.78 is 16.0. The quantitative estimate of drug-likeness (QED) is 0.650. The summed E-state index contributed by atoms with van der Waals surface area (Å²) in [6.45, 7) is 4.78. The Morgan fingerprint density at radius 3 is 2.64 bits per heavy atom. The van der Waals surface area contributed by atoms with Crippen LogP contribution in [0.25, 0.3) is 11.3 Å². The number of benzene rings is 1. The zero-order valence-corrected chi connectivity index (χ0v) is 16.2. The van der Waals surface area contributed by atoms with Crippen molar-refractivity contribution in [3.63, 3.8) is 0 Å². The molecule has 146 valence electrons. The van der Waals surface area contributed by atoms with Crippen molar-refractivity contribution >= 4 is 5.91 Å². The molecule has 28 heavy (non-hydrogen) atoms. The predicted octanol–water partition coefficient (Wildman–Crippen LogP) is 4.44. The van der Waals surface area contributed by atoms with E-state index < -0.39 is 0 Å². The van der Waals surface area contributed by atoms with E-state index in [0.29, 0.717) is 12.2 Å². The summed E-state index contributed by atoms with van der Waals surface area (Å²) in [7, 11) is 1.62. The van der Waals surface area contributed by atoms with Gasteiger partial charge in [-0.2, -0.15) is 0 Å². The number of ether oxygens (including phenoxy) is 1. The fraction of sp³-hybridized carbons (Fsp3) is 0.381. The van der Waals surface area contributed by atoms with Crippen LogP contribution in [0.4, 0.5) is 0 Å². The Kier molecular flexibility index (Phi) is 4.90. The first-order chi connectivity index (χ1) is 13.6. The second kappa shape index (κ2) is 7.50.